The third-order valence-corrected chi connectivity index (χ3v) is 3.97. The fourth-order valence-electron chi connectivity index (χ4n) is 2.67. The van der Waals surface area contributed by atoms with E-state index in [1.165, 1.54) is 0 Å². The Balaban J connectivity index is 1.50. The van der Waals surface area contributed by atoms with Crippen molar-refractivity contribution < 1.29 is 14.3 Å². The van der Waals surface area contributed by atoms with Gasteiger partial charge in [-0.1, -0.05) is 54.6 Å². The molecule has 1 N–H and O–H groups in total. The number of para-hydroxylation sites is 3. The number of H-pyrrole nitrogens is 1. The molecule has 0 aliphatic carbocycles. The van der Waals surface area contributed by atoms with E-state index in [-0.39, 0.29) is 12.3 Å². The predicted molar refractivity (Wildman–Crippen MR) is 98.2 cm³/mol. The number of rotatable bonds is 5. The molecule has 0 saturated heterocycles. The third kappa shape index (κ3) is 3.28. The number of esters is 1. The zero-order chi connectivity index (χ0) is 17.8. The Kier molecular flexibility index (Phi) is 4.35. The van der Waals surface area contributed by atoms with Crippen molar-refractivity contribution in [1.29, 1.82) is 0 Å². The van der Waals surface area contributed by atoms with Crippen LogP contribution in [0.3, 0.4) is 0 Å². The van der Waals surface area contributed by atoms with Crippen molar-refractivity contribution in [1.82, 2.24) is 10.2 Å². The summed E-state index contributed by atoms with van der Waals surface area (Å²) >= 11 is 0. The van der Waals surface area contributed by atoms with Gasteiger partial charge in [0.05, 0.1) is 5.52 Å². The molecule has 0 unspecified atom stereocenters. The molecular weight excluding hydrogens is 328 g/mol. The summed E-state index contributed by atoms with van der Waals surface area (Å²) in [6.45, 7) is 0.100. The molecule has 0 aliphatic rings. The number of ether oxygens (including phenoxy) is 2. The largest absolute Gasteiger partial charge is 0.457 e. The molecule has 3 aromatic carbocycles. The summed E-state index contributed by atoms with van der Waals surface area (Å²) in [5, 5.41) is 7.64. The van der Waals surface area contributed by atoms with E-state index >= 15 is 0 Å². The summed E-state index contributed by atoms with van der Waals surface area (Å²) in [6, 6.07) is 24.4. The predicted octanol–water partition coefficient (Wildman–Crippen LogP) is 4.71. The Morgan fingerprint density at radius 3 is 2.50 bits per heavy atom. The van der Waals surface area contributed by atoms with Gasteiger partial charge in [-0.25, -0.2) is 4.79 Å². The van der Waals surface area contributed by atoms with Gasteiger partial charge in [-0.3, -0.25) is 5.10 Å². The molecule has 1 aromatic heterocycles. The van der Waals surface area contributed by atoms with E-state index in [2.05, 4.69) is 10.2 Å². The van der Waals surface area contributed by atoms with Crippen molar-refractivity contribution in [2.75, 3.05) is 0 Å². The van der Waals surface area contributed by atoms with Crippen LogP contribution in [0.2, 0.25) is 0 Å². The minimum Gasteiger partial charge on any atom is -0.457 e. The molecule has 5 nitrogen and oxygen atoms in total. The van der Waals surface area contributed by atoms with Gasteiger partial charge in [-0.05, 0) is 24.3 Å². The average Bonchev–Trinajstić information content (AvgIpc) is 3.12. The number of aromatic nitrogens is 2. The highest BCUT2D eigenvalue weighted by Crippen LogP contribution is 2.26. The van der Waals surface area contributed by atoms with Gasteiger partial charge < -0.3 is 9.47 Å². The minimum atomic E-state index is -0.475. The zero-order valence-electron chi connectivity index (χ0n) is 13.9. The van der Waals surface area contributed by atoms with Gasteiger partial charge in [-0.15, -0.1) is 0 Å². The summed E-state index contributed by atoms with van der Waals surface area (Å²) in [7, 11) is 0. The molecule has 0 saturated carbocycles. The highest BCUT2D eigenvalue weighted by molar-refractivity contribution is 6.01. The van der Waals surface area contributed by atoms with Gasteiger partial charge in [0.15, 0.2) is 5.69 Å². The summed E-state index contributed by atoms with van der Waals surface area (Å²) in [4.78, 5) is 12.4. The first-order valence-electron chi connectivity index (χ1n) is 8.22. The maximum Gasteiger partial charge on any atom is 0.359 e. The SMILES string of the molecule is O=C(OCc1ccccc1Oc1ccccc1)c1n[nH]c2ccccc12. The lowest BCUT2D eigenvalue weighted by Crippen LogP contribution is -2.07. The Morgan fingerprint density at radius 1 is 0.885 bits per heavy atom. The average molecular weight is 344 g/mol. The number of fused-ring (bicyclic) bond motifs is 1. The second-order valence-electron chi connectivity index (χ2n) is 5.72. The molecule has 5 heteroatoms. The van der Waals surface area contributed by atoms with Crippen LogP contribution in [0.4, 0.5) is 0 Å². The number of aromatic amines is 1. The lowest BCUT2D eigenvalue weighted by molar-refractivity contribution is 0.0466. The smallest absolute Gasteiger partial charge is 0.359 e. The highest BCUT2D eigenvalue weighted by Gasteiger charge is 2.16. The van der Waals surface area contributed by atoms with Crippen LogP contribution in [0.1, 0.15) is 16.1 Å². The van der Waals surface area contributed by atoms with Gasteiger partial charge in [0.25, 0.3) is 0 Å². The number of hydrogen-bond acceptors (Lipinski definition) is 4. The lowest BCUT2D eigenvalue weighted by Gasteiger charge is -2.11. The molecule has 0 aliphatic heterocycles. The van der Waals surface area contributed by atoms with Crippen LogP contribution in [-0.4, -0.2) is 16.2 Å². The van der Waals surface area contributed by atoms with Gasteiger partial charge in [-0.2, -0.15) is 5.10 Å². The number of hydrogen-bond donors (Lipinski definition) is 1. The Morgan fingerprint density at radius 2 is 1.62 bits per heavy atom. The van der Waals surface area contributed by atoms with Crippen LogP contribution in [0, 0.1) is 0 Å². The van der Waals surface area contributed by atoms with E-state index in [9.17, 15) is 4.79 Å². The quantitative estimate of drug-likeness (QED) is 0.532. The maximum atomic E-state index is 12.4. The normalized spacial score (nSPS) is 10.6. The molecule has 26 heavy (non-hydrogen) atoms. The summed E-state index contributed by atoms with van der Waals surface area (Å²) in [6.07, 6.45) is 0. The van der Waals surface area contributed by atoms with Crippen molar-refractivity contribution in [3.8, 4) is 11.5 Å². The number of nitrogens with one attached hydrogen (secondary N) is 1. The summed E-state index contributed by atoms with van der Waals surface area (Å²) in [5.74, 6) is 0.903. The zero-order valence-corrected chi connectivity index (χ0v) is 13.9. The molecule has 4 rings (SSSR count). The molecule has 0 atom stereocenters. The molecule has 0 amide bonds. The van der Waals surface area contributed by atoms with E-state index < -0.39 is 5.97 Å². The van der Waals surface area contributed by atoms with Gasteiger partial charge >= 0.3 is 5.97 Å². The summed E-state index contributed by atoms with van der Waals surface area (Å²) < 4.78 is 11.3. The lowest BCUT2D eigenvalue weighted by atomic mass is 10.2. The van der Waals surface area contributed by atoms with Crippen LogP contribution in [0.25, 0.3) is 10.9 Å². The molecule has 0 radical (unpaired) electrons. The van der Waals surface area contributed by atoms with Crippen LogP contribution in [0.5, 0.6) is 11.5 Å². The number of benzene rings is 3. The van der Waals surface area contributed by atoms with E-state index in [1.54, 1.807) is 0 Å². The van der Waals surface area contributed by atoms with Crippen molar-refractivity contribution in [2.45, 2.75) is 6.61 Å². The molecule has 0 spiro atoms. The van der Waals surface area contributed by atoms with Crippen LogP contribution in [-0.2, 0) is 11.3 Å². The Labute approximate surface area is 150 Å². The van der Waals surface area contributed by atoms with Crippen molar-refractivity contribution in [3.63, 3.8) is 0 Å². The fraction of sp³-hybridized carbons (Fsp3) is 0.0476. The van der Waals surface area contributed by atoms with Crippen LogP contribution < -0.4 is 4.74 Å². The monoisotopic (exact) mass is 344 g/mol. The van der Waals surface area contributed by atoms with Crippen LogP contribution in [0.15, 0.2) is 78.9 Å². The molecule has 0 fully saturated rings. The number of carbonyl (C=O) groups is 1. The third-order valence-electron chi connectivity index (χ3n) is 3.97. The fourth-order valence-corrected chi connectivity index (χ4v) is 2.67. The van der Waals surface area contributed by atoms with Crippen molar-refractivity contribution in [2.24, 2.45) is 0 Å². The van der Waals surface area contributed by atoms with E-state index in [0.717, 1.165) is 22.2 Å². The van der Waals surface area contributed by atoms with Crippen molar-refractivity contribution in [3.05, 3.63) is 90.1 Å². The second kappa shape index (κ2) is 7.11. The number of nitrogens with zero attached hydrogens (tertiary/aromatic N) is 1. The topological polar surface area (TPSA) is 64.2 Å². The van der Waals surface area contributed by atoms with E-state index in [4.69, 9.17) is 9.47 Å². The Bertz CT molecular complexity index is 1040. The molecule has 1 heterocycles. The second-order valence-corrected chi connectivity index (χ2v) is 5.72. The maximum absolute atomic E-state index is 12.4. The molecule has 4 aromatic rings. The number of carbonyl (C=O) groups excluding carboxylic acids is 1. The molecule has 0 bridgehead atoms. The van der Waals surface area contributed by atoms with Gasteiger partial charge in [0, 0.05) is 10.9 Å². The van der Waals surface area contributed by atoms with Crippen LogP contribution >= 0.6 is 0 Å². The molecule has 128 valence electrons. The van der Waals surface area contributed by atoms with Gasteiger partial charge in [0.1, 0.15) is 18.1 Å². The van der Waals surface area contributed by atoms with E-state index in [0.29, 0.717) is 5.75 Å². The first-order chi connectivity index (χ1) is 12.8. The van der Waals surface area contributed by atoms with Gasteiger partial charge in [0.2, 0.25) is 0 Å². The van der Waals surface area contributed by atoms with E-state index in [1.807, 2.05) is 78.9 Å². The Hall–Kier alpha value is -3.60. The standard InChI is InChI=1S/C21H16N2O3/c24-21(20-17-11-5-6-12-18(17)22-23-20)25-14-15-8-4-7-13-19(15)26-16-9-2-1-3-10-16/h1-13H,14H2,(H,22,23). The minimum absolute atomic E-state index is 0.100. The van der Waals surface area contributed by atoms with Crippen molar-refractivity contribution >= 4 is 16.9 Å². The molecular formula is C21H16N2O3. The summed E-state index contributed by atoms with van der Waals surface area (Å²) in [5.41, 5.74) is 1.86. The first-order valence-corrected chi connectivity index (χ1v) is 8.22. The first kappa shape index (κ1) is 15.9. The highest BCUT2D eigenvalue weighted by atomic mass is 16.5.